The second-order valence-electron chi connectivity index (χ2n) is 3.09. The summed E-state index contributed by atoms with van der Waals surface area (Å²) < 4.78 is 21.2. The summed E-state index contributed by atoms with van der Waals surface area (Å²) in [6.45, 7) is 3.23. The van der Waals surface area contributed by atoms with Crippen molar-refractivity contribution in [1.82, 2.24) is 9.97 Å². The number of hydrogen-bond acceptors (Lipinski definition) is 5. The molecule has 0 saturated carbocycles. The summed E-state index contributed by atoms with van der Waals surface area (Å²) in [5.41, 5.74) is 0.861. The molecule has 1 aromatic heterocycles. The molecule has 0 radical (unpaired) electrons. The van der Waals surface area contributed by atoms with Crippen LogP contribution in [0, 0.1) is 6.92 Å². The summed E-state index contributed by atoms with van der Waals surface area (Å²) in [5.74, 6) is 0.141. The van der Waals surface area contributed by atoms with Gasteiger partial charge in [0, 0.05) is 12.4 Å². The molecule has 1 aromatic rings. The van der Waals surface area contributed by atoms with E-state index < -0.39 is 22.1 Å². The summed E-state index contributed by atoms with van der Waals surface area (Å²) in [6.07, 6.45) is 1.92. The third-order valence-corrected chi connectivity index (χ3v) is 2.80. The average molecular weight is 216 g/mol. The highest BCUT2D eigenvalue weighted by Crippen LogP contribution is 2.13. The molecule has 0 aromatic carbocycles. The topological polar surface area (TPSA) is 80.2 Å². The van der Waals surface area contributed by atoms with Crippen LogP contribution in [0.1, 0.15) is 24.4 Å². The van der Waals surface area contributed by atoms with Crippen LogP contribution in [-0.4, -0.2) is 28.7 Å². The van der Waals surface area contributed by atoms with Gasteiger partial charge in [-0.05, 0) is 19.4 Å². The van der Waals surface area contributed by atoms with Gasteiger partial charge in [0.05, 0.1) is 5.25 Å². The van der Waals surface area contributed by atoms with Gasteiger partial charge < -0.3 is 5.11 Å². The van der Waals surface area contributed by atoms with Crippen LogP contribution < -0.4 is 0 Å². The fourth-order valence-corrected chi connectivity index (χ4v) is 1.25. The summed E-state index contributed by atoms with van der Waals surface area (Å²) >= 11 is 0. The van der Waals surface area contributed by atoms with Crippen LogP contribution in [0.15, 0.2) is 12.4 Å². The van der Waals surface area contributed by atoms with E-state index in [9.17, 15) is 13.5 Å². The normalized spacial score (nSPS) is 15.4. The minimum Gasteiger partial charge on any atom is -0.384 e. The van der Waals surface area contributed by atoms with E-state index in [1.54, 1.807) is 0 Å². The van der Waals surface area contributed by atoms with Gasteiger partial charge in [-0.2, -0.15) is 0 Å². The molecule has 0 fully saturated rings. The highest BCUT2D eigenvalue weighted by Gasteiger charge is 2.20. The van der Waals surface area contributed by atoms with E-state index in [0.29, 0.717) is 0 Å². The first-order valence-corrected chi connectivity index (χ1v) is 5.37. The number of aryl methyl sites for hydroxylation is 1. The predicted octanol–water partition coefficient (Wildman–Crippen LogP) is -0.182. The summed E-state index contributed by atoms with van der Waals surface area (Å²) in [5, 5.41) is 8.67. The van der Waals surface area contributed by atoms with Crippen LogP contribution in [0.25, 0.3) is 0 Å². The Morgan fingerprint density at radius 1 is 1.36 bits per heavy atom. The molecule has 0 aliphatic rings. The number of aromatic nitrogens is 2. The quantitative estimate of drug-likeness (QED) is 0.685. The second kappa shape index (κ2) is 4.47. The molecule has 1 rings (SSSR count). The Hall–Kier alpha value is -1.01. The predicted molar refractivity (Wildman–Crippen MR) is 51.5 cm³/mol. The van der Waals surface area contributed by atoms with Crippen molar-refractivity contribution in [2.75, 3.05) is 0 Å². The van der Waals surface area contributed by atoms with E-state index >= 15 is 0 Å². The number of thiol groups is 1. The third-order valence-electron chi connectivity index (χ3n) is 1.85. The Bertz CT molecular complexity index is 367. The van der Waals surface area contributed by atoms with Gasteiger partial charge in [-0.3, -0.25) is 0 Å². The van der Waals surface area contributed by atoms with E-state index in [-0.39, 0.29) is 5.82 Å². The number of hydrogen-bond donors (Lipinski definition) is 2. The van der Waals surface area contributed by atoms with Crippen LogP contribution in [0.4, 0.5) is 0 Å². The third kappa shape index (κ3) is 2.49. The lowest BCUT2D eigenvalue weighted by atomic mass is 10.2. The first kappa shape index (κ1) is 11.1. The fraction of sp³-hybridized carbons (Fsp3) is 0.500. The van der Waals surface area contributed by atoms with Crippen molar-refractivity contribution in [3.63, 3.8) is 0 Å². The monoisotopic (exact) mass is 216 g/mol. The van der Waals surface area contributed by atoms with Crippen molar-refractivity contribution < 1.29 is 13.5 Å². The summed E-state index contributed by atoms with van der Waals surface area (Å²) in [4.78, 5) is 7.71. The second-order valence-corrected chi connectivity index (χ2v) is 4.47. The smallest absolute Gasteiger partial charge is 0.158 e. The molecule has 0 saturated heterocycles. The molecule has 0 unspecified atom stereocenters. The van der Waals surface area contributed by atoms with E-state index in [4.69, 9.17) is 0 Å². The lowest BCUT2D eigenvalue weighted by Gasteiger charge is -2.11. The molecule has 0 bridgehead atoms. The largest absolute Gasteiger partial charge is 0.384 e. The van der Waals surface area contributed by atoms with Crippen LogP contribution in [-0.2, 0) is 10.7 Å². The first-order valence-electron chi connectivity index (χ1n) is 4.12. The molecular weight excluding hydrogens is 204 g/mol. The first-order chi connectivity index (χ1) is 6.52. The molecule has 6 heteroatoms. The van der Waals surface area contributed by atoms with Gasteiger partial charge in [0.15, 0.2) is 5.82 Å². The molecular formula is C8H12N2O3S. The maximum Gasteiger partial charge on any atom is 0.158 e. The minimum atomic E-state index is -2.66. The fourth-order valence-electron chi connectivity index (χ4n) is 0.886. The van der Waals surface area contributed by atoms with Crippen molar-refractivity contribution in [2.45, 2.75) is 25.2 Å². The number of aliphatic hydroxyl groups excluding tert-OH is 1. The molecule has 0 spiro atoms. The van der Waals surface area contributed by atoms with Crippen molar-refractivity contribution in [2.24, 2.45) is 0 Å². The van der Waals surface area contributed by atoms with Crippen LogP contribution in [0.3, 0.4) is 0 Å². The maximum atomic E-state index is 10.6. The van der Waals surface area contributed by atoms with E-state index in [0.717, 1.165) is 5.56 Å². The van der Waals surface area contributed by atoms with Crippen LogP contribution >= 0.6 is 0 Å². The molecule has 78 valence electrons. The molecule has 0 aliphatic heterocycles. The van der Waals surface area contributed by atoms with Crippen molar-refractivity contribution in [1.29, 1.82) is 0 Å². The minimum absolute atomic E-state index is 0.141. The van der Waals surface area contributed by atoms with Gasteiger partial charge in [-0.1, -0.05) is 0 Å². The van der Waals surface area contributed by atoms with Gasteiger partial charge in [0.1, 0.15) is 16.8 Å². The van der Waals surface area contributed by atoms with E-state index in [1.807, 2.05) is 6.92 Å². The summed E-state index contributed by atoms with van der Waals surface area (Å²) in [7, 11) is -2.66. The molecule has 5 nitrogen and oxygen atoms in total. The Labute approximate surface area is 83.8 Å². The van der Waals surface area contributed by atoms with Crippen LogP contribution in [0.5, 0.6) is 0 Å². The van der Waals surface area contributed by atoms with Crippen molar-refractivity contribution in [3.8, 4) is 0 Å². The molecule has 1 N–H and O–H groups in total. The van der Waals surface area contributed by atoms with Gasteiger partial charge in [0.25, 0.3) is 0 Å². The lowest BCUT2D eigenvalue weighted by molar-refractivity contribution is 0.167. The zero-order chi connectivity index (χ0) is 10.7. The Balaban J connectivity index is 2.89. The van der Waals surface area contributed by atoms with Crippen molar-refractivity contribution in [3.05, 3.63) is 23.8 Å². The maximum absolute atomic E-state index is 10.6. The number of nitrogens with zero attached hydrogens (tertiary/aromatic N) is 2. The molecule has 0 amide bonds. The molecule has 0 aliphatic carbocycles. The Morgan fingerprint density at radius 3 is 2.29 bits per heavy atom. The van der Waals surface area contributed by atoms with E-state index in [2.05, 4.69) is 9.97 Å². The highest BCUT2D eigenvalue weighted by atomic mass is 32.2. The Morgan fingerprint density at radius 2 is 1.86 bits per heavy atom. The van der Waals surface area contributed by atoms with Gasteiger partial charge in [-0.15, -0.1) is 0 Å². The Kier molecular flexibility index (Phi) is 3.54. The van der Waals surface area contributed by atoms with Gasteiger partial charge in [-0.25, -0.2) is 18.4 Å². The molecule has 14 heavy (non-hydrogen) atoms. The van der Waals surface area contributed by atoms with Crippen molar-refractivity contribution >= 4 is 10.7 Å². The average Bonchev–Trinajstić information content (AvgIpc) is 2.16. The zero-order valence-electron chi connectivity index (χ0n) is 7.91. The number of rotatable bonds is 3. The number of aliphatic hydroxyl groups is 1. The van der Waals surface area contributed by atoms with Gasteiger partial charge >= 0.3 is 0 Å². The lowest BCUT2D eigenvalue weighted by Crippen LogP contribution is -2.18. The standard InChI is InChI=1S/C8H12N2O3S/c1-5-3-9-8(10-4-5)7(11)6(2)14(12)13/h3-4,6-7,11,14H,1-2H3/t6-,7-/m1/s1. The van der Waals surface area contributed by atoms with Crippen LogP contribution in [0.2, 0.25) is 0 Å². The SMILES string of the molecule is Cc1cnc([C@H](O)[C@@H](C)[SH](=O)=O)nc1. The van der Waals surface area contributed by atoms with Gasteiger partial charge in [0.2, 0.25) is 0 Å². The summed E-state index contributed by atoms with van der Waals surface area (Å²) in [6, 6.07) is 0. The molecule has 1 heterocycles. The highest BCUT2D eigenvalue weighted by molar-refractivity contribution is 7.73. The zero-order valence-corrected chi connectivity index (χ0v) is 8.81. The van der Waals surface area contributed by atoms with E-state index in [1.165, 1.54) is 19.3 Å². The molecule has 2 atom stereocenters.